The molecule has 172 valence electrons. The Labute approximate surface area is 189 Å². The highest BCUT2D eigenvalue weighted by Crippen LogP contribution is 2.63. The van der Waals surface area contributed by atoms with Gasteiger partial charge in [-0.3, -0.25) is 0 Å². The van der Waals surface area contributed by atoms with Gasteiger partial charge in [-0.05, 0) is 104 Å². The van der Waals surface area contributed by atoms with Crippen LogP contribution >= 0.6 is 0 Å². The Kier molecular flexibility index (Phi) is 6.68. The molecule has 0 saturated heterocycles. The summed E-state index contributed by atoms with van der Waals surface area (Å²) in [4.78, 5) is 0. The maximum absolute atomic E-state index is 10.3. The Morgan fingerprint density at radius 1 is 1.10 bits per heavy atom. The molecule has 0 unspecified atom stereocenters. The lowest BCUT2D eigenvalue weighted by molar-refractivity contribution is -0.0933. The molecular weight excluding hydrogens is 382 g/mol. The Balaban J connectivity index is 1.57. The van der Waals surface area contributed by atoms with E-state index < -0.39 is 0 Å². The van der Waals surface area contributed by atoms with Crippen molar-refractivity contribution in [3.63, 3.8) is 0 Å². The number of aryl methyl sites for hydroxylation is 1. The molecule has 3 N–H and O–H groups in total. The van der Waals surface area contributed by atoms with Crippen molar-refractivity contribution in [2.75, 3.05) is 13.2 Å². The molecule has 31 heavy (non-hydrogen) atoms. The molecule has 3 fully saturated rings. The van der Waals surface area contributed by atoms with Crippen LogP contribution in [0.15, 0.2) is 36.4 Å². The molecule has 0 bridgehead atoms. The summed E-state index contributed by atoms with van der Waals surface area (Å²) in [5, 5.41) is 24.4. The first kappa shape index (κ1) is 23.0. The van der Waals surface area contributed by atoms with Gasteiger partial charge in [-0.1, -0.05) is 50.3 Å². The maximum atomic E-state index is 10.3. The highest BCUT2D eigenvalue weighted by atomic mass is 16.3. The third kappa shape index (κ3) is 4.14. The molecule has 0 spiro atoms. The average Bonchev–Trinajstić information content (AvgIpc) is 3.06. The van der Waals surface area contributed by atoms with Gasteiger partial charge in [0.05, 0.1) is 6.10 Å². The van der Waals surface area contributed by atoms with Crippen LogP contribution in [0.3, 0.4) is 0 Å². The summed E-state index contributed by atoms with van der Waals surface area (Å²) >= 11 is 0. The van der Waals surface area contributed by atoms with E-state index in [1.807, 2.05) is 0 Å². The molecule has 0 heterocycles. The molecule has 3 aliphatic rings. The van der Waals surface area contributed by atoms with Crippen molar-refractivity contribution >= 4 is 0 Å². The van der Waals surface area contributed by atoms with Gasteiger partial charge < -0.3 is 15.5 Å². The Bertz CT molecular complexity index is 791. The van der Waals surface area contributed by atoms with Crippen molar-refractivity contribution in [3.05, 3.63) is 47.5 Å². The fourth-order valence-corrected chi connectivity index (χ4v) is 7.65. The van der Waals surface area contributed by atoms with E-state index in [0.717, 1.165) is 32.4 Å². The van der Waals surface area contributed by atoms with Crippen LogP contribution in [-0.4, -0.2) is 29.5 Å². The van der Waals surface area contributed by atoms with E-state index in [2.05, 4.69) is 56.9 Å². The van der Waals surface area contributed by atoms with Crippen molar-refractivity contribution in [1.29, 1.82) is 0 Å². The lowest BCUT2D eigenvalue weighted by Crippen LogP contribution is -2.53. The monoisotopic (exact) mass is 425 g/mol. The zero-order valence-corrected chi connectivity index (χ0v) is 19.9. The Morgan fingerprint density at radius 3 is 2.61 bits per heavy atom. The molecule has 0 aliphatic heterocycles. The van der Waals surface area contributed by atoms with Gasteiger partial charge in [0.25, 0.3) is 0 Å². The molecule has 7 atom stereocenters. The molecule has 0 radical (unpaired) electrons. The summed E-state index contributed by atoms with van der Waals surface area (Å²) in [6, 6.07) is 8.66. The molecule has 3 aliphatic carbocycles. The van der Waals surface area contributed by atoms with Crippen molar-refractivity contribution in [3.8, 4) is 0 Å². The fraction of sp³-hybridized carbons (Fsp3) is 0.714. The highest BCUT2D eigenvalue weighted by molar-refractivity contribution is 5.25. The highest BCUT2D eigenvalue weighted by Gasteiger charge is 2.56. The largest absolute Gasteiger partial charge is 0.396 e. The zero-order chi connectivity index (χ0) is 22.2. The van der Waals surface area contributed by atoms with Crippen LogP contribution in [0.5, 0.6) is 0 Å². The minimum Gasteiger partial charge on any atom is -0.396 e. The van der Waals surface area contributed by atoms with Crippen molar-refractivity contribution in [1.82, 2.24) is 5.32 Å². The number of aliphatic hydroxyl groups is 2. The first-order valence-electron chi connectivity index (χ1n) is 12.5. The molecule has 3 heteroatoms. The normalized spacial score (nSPS) is 40.7. The summed E-state index contributed by atoms with van der Waals surface area (Å²) in [6.07, 6.45) is 7.28. The number of aliphatic hydroxyl groups excluding tert-OH is 2. The van der Waals surface area contributed by atoms with Crippen LogP contribution in [0.1, 0.15) is 69.9 Å². The summed E-state index contributed by atoms with van der Waals surface area (Å²) < 4.78 is 0. The van der Waals surface area contributed by atoms with E-state index in [-0.39, 0.29) is 29.5 Å². The van der Waals surface area contributed by atoms with Gasteiger partial charge in [-0.25, -0.2) is 0 Å². The molecule has 4 rings (SSSR count). The van der Waals surface area contributed by atoms with E-state index in [1.165, 1.54) is 42.4 Å². The van der Waals surface area contributed by atoms with Gasteiger partial charge in [-0.2, -0.15) is 0 Å². The minimum absolute atomic E-state index is 0.105. The second-order valence-corrected chi connectivity index (χ2v) is 11.3. The lowest BCUT2D eigenvalue weighted by atomic mass is 9.49. The number of fused-ring (bicyclic) bond motifs is 1. The van der Waals surface area contributed by atoms with Gasteiger partial charge >= 0.3 is 0 Å². The van der Waals surface area contributed by atoms with E-state index in [9.17, 15) is 10.2 Å². The lowest BCUT2D eigenvalue weighted by Gasteiger charge is -2.56. The van der Waals surface area contributed by atoms with Gasteiger partial charge in [0.2, 0.25) is 0 Å². The third-order valence-corrected chi connectivity index (χ3v) is 9.92. The maximum Gasteiger partial charge on any atom is 0.0544 e. The predicted octanol–water partition coefficient (Wildman–Crippen LogP) is 5.24. The van der Waals surface area contributed by atoms with Crippen LogP contribution in [0.25, 0.3) is 0 Å². The van der Waals surface area contributed by atoms with Crippen LogP contribution in [0, 0.1) is 41.4 Å². The van der Waals surface area contributed by atoms with Gasteiger partial charge in [0.1, 0.15) is 0 Å². The second-order valence-electron chi connectivity index (χ2n) is 11.3. The average molecular weight is 426 g/mol. The molecule has 3 nitrogen and oxygen atoms in total. The standard InChI is InChI=1S/C28H43NO2/c1-19-7-5-6-8-21(19)16-29-17-24-25-10-9-20(2)27(25,3)14-12-26(24)28(4)13-11-23(31)15-22(28)18-30/h5-8,22-26,29-31H,2,9-18H2,1,3-4H3/t22-,23+,24+,25+,26+,27-,28+/m1/s1. The van der Waals surface area contributed by atoms with Crippen molar-refractivity contribution < 1.29 is 10.2 Å². The molecule has 1 aromatic rings. The Morgan fingerprint density at radius 2 is 1.87 bits per heavy atom. The zero-order valence-electron chi connectivity index (χ0n) is 19.9. The van der Waals surface area contributed by atoms with Crippen LogP contribution < -0.4 is 5.32 Å². The molecular formula is C28H43NO2. The fourth-order valence-electron chi connectivity index (χ4n) is 7.65. The summed E-state index contributed by atoms with van der Waals surface area (Å²) in [7, 11) is 0. The van der Waals surface area contributed by atoms with Gasteiger partial charge in [0.15, 0.2) is 0 Å². The molecule has 0 aromatic heterocycles. The quantitative estimate of drug-likeness (QED) is 0.546. The second kappa shape index (κ2) is 9.00. The smallest absolute Gasteiger partial charge is 0.0544 e. The van der Waals surface area contributed by atoms with Gasteiger partial charge in [-0.15, -0.1) is 0 Å². The summed E-state index contributed by atoms with van der Waals surface area (Å²) in [5.74, 6) is 2.06. The predicted molar refractivity (Wildman–Crippen MR) is 128 cm³/mol. The number of benzene rings is 1. The van der Waals surface area contributed by atoms with Crippen LogP contribution in [-0.2, 0) is 6.54 Å². The summed E-state index contributed by atoms with van der Waals surface area (Å²) in [5.41, 5.74) is 4.57. The topological polar surface area (TPSA) is 52.5 Å². The van der Waals surface area contributed by atoms with Crippen molar-refractivity contribution in [2.45, 2.75) is 78.4 Å². The number of nitrogens with one attached hydrogen (secondary N) is 1. The Hall–Kier alpha value is -1.16. The number of rotatable bonds is 6. The van der Waals surface area contributed by atoms with E-state index in [1.54, 1.807) is 0 Å². The number of allylic oxidation sites excluding steroid dienone is 1. The molecule has 1 aromatic carbocycles. The SMILES string of the molecule is C=C1CC[C@H]2[C@H](CNCc3ccccc3C)[C@@H]([C@@]3(C)CC[C@H](O)C[C@@H]3CO)CC[C@]12C. The van der Waals surface area contributed by atoms with Crippen molar-refractivity contribution in [2.24, 2.45) is 34.5 Å². The van der Waals surface area contributed by atoms with Gasteiger partial charge in [0, 0.05) is 13.2 Å². The first-order valence-corrected chi connectivity index (χ1v) is 12.5. The van der Waals surface area contributed by atoms with E-state index >= 15 is 0 Å². The number of hydrogen-bond acceptors (Lipinski definition) is 3. The van der Waals surface area contributed by atoms with Crippen LogP contribution in [0.2, 0.25) is 0 Å². The molecule has 3 saturated carbocycles. The van der Waals surface area contributed by atoms with E-state index in [4.69, 9.17) is 0 Å². The number of hydrogen-bond donors (Lipinski definition) is 3. The summed E-state index contributed by atoms with van der Waals surface area (Å²) in [6.45, 7) is 13.7. The van der Waals surface area contributed by atoms with E-state index in [0.29, 0.717) is 17.8 Å². The van der Waals surface area contributed by atoms with Crippen LogP contribution in [0.4, 0.5) is 0 Å². The first-order chi connectivity index (χ1) is 14.8. The molecule has 0 amide bonds. The minimum atomic E-state index is -0.247. The third-order valence-electron chi connectivity index (χ3n) is 9.92.